The molecule has 0 aliphatic heterocycles. The molecule has 0 aromatic carbocycles. The fraction of sp³-hybridized carbons (Fsp3) is 0.750. The molecule has 6 heteroatoms. The third-order valence-electron chi connectivity index (χ3n) is 2.03. The van der Waals surface area contributed by atoms with Crippen LogP contribution in [-0.4, -0.2) is 35.8 Å². The molecule has 5 N–H and O–H groups in total. The summed E-state index contributed by atoms with van der Waals surface area (Å²) in [5, 5.41) is 0. The van der Waals surface area contributed by atoms with Crippen LogP contribution in [0.5, 0.6) is 0 Å². The molecule has 1 unspecified atom stereocenters. The van der Waals surface area contributed by atoms with Gasteiger partial charge in [-0.1, -0.05) is 6.92 Å². The highest BCUT2D eigenvalue weighted by atomic mass is 16.2. The zero-order valence-corrected chi connectivity index (χ0v) is 8.62. The van der Waals surface area contributed by atoms with Crippen LogP contribution in [0.25, 0.3) is 0 Å². The summed E-state index contributed by atoms with van der Waals surface area (Å²) in [4.78, 5) is 23.5. The lowest BCUT2D eigenvalue weighted by atomic mass is 10.2. The van der Waals surface area contributed by atoms with E-state index in [9.17, 15) is 9.59 Å². The summed E-state index contributed by atoms with van der Waals surface area (Å²) in [6, 6.07) is -0.0453. The number of likely N-dealkylation sites (N-methyl/N-ethyl adjacent to an activating group) is 1. The SMILES string of the molecule is CCN(CC(N)=O)C(C)CC(=O)NN. The molecule has 82 valence electrons. The second-order valence-electron chi connectivity index (χ2n) is 3.15. The number of hydrogen-bond acceptors (Lipinski definition) is 4. The van der Waals surface area contributed by atoms with Gasteiger partial charge in [0.05, 0.1) is 6.54 Å². The van der Waals surface area contributed by atoms with Crippen molar-refractivity contribution in [3.63, 3.8) is 0 Å². The third-order valence-corrected chi connectivity index (χ3v) is 2.03. The Morgan fingerprint density at radius 3 is 2.43 bits per heavy atom. The van der Waals surface area contributed by atoms with Crippen molar-refractivity contribution in [2.24, 2.45) is 11.6 Å². The first-order chi connectivity index (χ1) is 6.51. The lowest BCUT2D eigenvalue weighted by Gasteiger charge is -2.25. The number of nitrogens with zero attached hydrogens (tertiary/aromatic N) is 1. The molecule has 6 nitrogen and oxygen atoms in total. The van der Waals surface area contributed by atoms with Crippen LogP contribution in [0.4, 0.5) is 0 Å². The van der Waals surface area contributed by atoms with Crippen LogP contribution in [0.15, 0.2) is 0 Å². The zero-order valence-electron chi connectivity index (χ0n) is 8.62. The highest BCUT2D eigenvalue weighted by Crippen LogP contribution is 2.02. The fourth-order valence-electron chi connectivity index (χ4n) is 1.24. The highest BCUT2D eigenvalue weighted by molar-refractivity contribution is 5.77. The van der Waals surface area contributed by atoms with Crippen LogP contribution >= 0.6 is 0 Å². The molecule has 0 aliphatic rings. The van der Waals surface area contributed by atoms with Crippen LogP contribution in [0.1, 0.15) is 20.3 Å². The van der Waals surface area contributed by atoms with Gasteiger partial charge < -0.3 is 5.73 Å². The summed E-state index contributed by atoms with van der Waals surface area (Å²) in [5.41, 5.74) is 7.11. The Morgan fingerprint density at radius 1 is 1.50 bits per heavy atom. The van der Waals surface area contributed by atoms with Crippen molar-refractivity contribution >= 4 is 11.8 Å². The van der Waals surface area contributed by atoms with Crippen LogP contribution in [0, 0.1) is 0 Å². The van der Waals surface area contributed by atoms with Gasteiger partial charge in [-0.15, -0.1) is 0 Å². The van der Waals surface area contributed by atoms with Gasteiger partial charge in [0.25, 0.3) is 0 Å². The molecule has 0 aromatic heterocycles. The summed E-state index contributed by atoms with van der Waals surface area (Å²) in [7, 11) is 0. The molecule has 0 saturated heterocycles. The lowest BCUT2D eigenvalue weighted by Crippen LogP contribution is -2.43. The third kappa shape index (κ3) is 4.78. The molecule has 0 heterocycles. The number of rotatable bonds is 6. The zero-order chi connectivity index (χ0) is 11.1. The van der Waals surface area contributed by atoms with Gasteiger partial charge in [-0.3, -0.25) is 19.9 Å². The van der Waals surface area contributed by atoms with Gasteiger partial charge in [0.15, 0.2) is 0 Å². The van der Waals surface area contributed by atoms with E-state index in [4.69, 9.17) is 11.6 Å². The van der Waals surface area contributed by atoms with Crippen LogP contribution < -0.4 is 17.0 Å². The monoisotopic (exact) mass is 202 g/mol. The van der Waals surface area contributed by atoms with Gasteiger partial charge >= 0.3 is 0 Å². The van der Waals surface area contributed by atoms with E-state index in [0.29, 0.717) is 6.54 Å². The smallest absolute Gasteiger partial charge is 0.235 e. The summed E-state index contributed by atoms with van der Waals surface area (Å²) in [6.07, 6.45) is 0.262. The molecule has 0 aromatic rings. The molecule has 0 radical (unpaired) electrons. The Hall–Kier alpha value is -1.14. The van der Waals surface area contributed by atoms with Crippen molar-refractivity contribution in [1.82, 2.24) is 10.3 Å². The molecule has 0 rings (SSSR count). The highest BCUT2D eigenvalue weighted by Gasteiger charge is 2.16. The minimum atomic E-state index is -0.396. The van der Waals surface area contributed by atoms with Crippen molar-refractivity contribution in [2.75, 3.05) is 13.1 Å². The Balaban J connectivity index is 4.09. The predicted octanol–water partition coefficient (Wildman–Crippen LogP) is -1.44. The topological polar surface area (TPSA) is 101 Å². The maximum atomic E-state index is 10.9. The molecule has 14 heavy (non-hydrogen) atoms. The second-order valence-corrected chi connectivity index (χ2v) is 3.15. The molecule has 0 bridgehead atoms. The molecule has 0 spiro atoms. The predicted molar refractivity (Wildman–Crippen MR) is 52.9 cm³/mol. The molecule has 0 saturated carbocycles. The lowest BCUT2D eigenvalue weighted by molar-refractivity contribution is -0.124. The van der Waals surface area contributed by atoms with Crippen LogP contribution in [0.3, 0.4) is 0 Å². The number of amides is 2. The minimum Gasteiger partial charge on any atom is -0.369 e. The van der Waals surface area contributed by atoms with Gasteiger partial charge in [-0.05, 0) is 13.5 Å². The average Bonchev–Trinajstić information content (AvgIpc) is 2.13. The standard InChI is InChI=1S/C8H18N4O2/c1-3-12(5-7(9)13)6(2)4-8(14)11-10/h6H,3-5,10H2,1-2H3,(H2,9,13)(H,11,14). The quantitative estimate of drug-likeness (QED) is 0.279. The summed E-state index contributed by atoms with van der Waals surface area (Å²) < 4.78 is 0. The van der Waals surface area contributed by atoms with Crippen LogP contribution in [-0.2, 0) is 9.59 Å². The van der Waals surface area contributed by atoms with E-state index in [1.807, 2.05) is 24.2 Å². The number of carbonyl (C=O) groups excluding carboxylic acids is 2. The molecular formula is C8H18N4O2. The second kappa shape index (κ2) is 6.33. The maximum absolute atomic E-state index is 10.9. The molecule has 1 atom stereocenters. The minimum absolute atomic E-state index is 0.0453. The summed E-state index contributed by atoms with van der Waals surface area (Å²) >= 11 is 0. The van der Waals surface area contributed by atoms with Gasteiger partial charge in [-0.25, -0.2) is 5.84 Å². The van der Waals surface area contributed by atoms with E-state index in [1.165, 1.54) is 0 Å². The van der Waals surface area contributed by atoms with Crippen molar-refractivity contribution in [1.29, 1.82) is 0 Å². The number of hydrogen-bond donors (Lipinski definition) is 3. The van der Waals surface area contributed by atoms with E-state index in [-0.39, 0.29) is 24.9 Å². The van der Waals surface area contributed by atoms with Crippen molar-refractivity contribution < 1.29 is 9.59 Å². The van der Waals surface area contributed by atoms with Gasteiger partial charge in [0.1, 0.15) is 0 Å². The van der Waals surface area contributed by atoms with Crippen LogP contribution in [0.2, 0.25) is 0 Å². The first-order valence-corrected chi connectivity index (χ1v) is 4.53. The number of hydrazine groups is 1. The van der Waals surface area contributed by atoms with E-state index < -0.39 is 5.91 Å². The normalized spacial score (nSPS) is 12.6. The van der Waals surface area contributed by atoms with Gasteiger partial charge in [-0.2, -0.15) is 0 Å². The molecule has 0 fully saturated rings. The van der Waals surface area contributed by atoms with Crippen molar-refractivity contribution in [3.05, 3.63) is 0 Å². The average molecular weight is 202 g/mol. The Kier molecular flexibility index (Phi) is 5.82. The van der Waals surface area contributed by atoms with Crippen molar-refractivity contribution in [3.8, 4) is 0 Å². The first kappa shape index (κ1) is 12.9. The number of carbonyl (C=O) groups is 2. The number of primary amides is 1. The van der Waals surface area contributed by atoms with E-state index in [0.717, 1.165) is 0 Å². The van der Waals surface area contributed by atoms with E-state index >= 15 is 0 Å². The van der Waals surface area contributed by atoms with Gasteiger partial charge in [0.2, 0.25) is 11.8 Å². The number of nitrogens with one attached hydrogen (secondary N) is 1. The molecular weight excluding hydrogens is 184 g/mol. The van der Waals surface area contributed by atoms with Crippen molar-refractivity contribution in [2.45, 2.75) is 26.3 Å². The molecule has 0 aliphatic carbocycles. The van der Waals surface area contributed by atoms with Gasteiger partial charge in [0, 0.05) is 12.5 Å². The summed E-state index contributed by atoms with van der Waals surface area (Å²) in [5.74, 6) is 4.31. The number of nitrogens with two attached hydrogens (primary N) is 2. The van der Waals surface area contributed by atoms with E-state index in [2.05, 4.69) is 0 Å². The molecule has 2 amide bonds. The Bertz CT molecular complexity index is 208. The Morgan fingerprint density at radius 2 is 2.07 bits per heavy atom. The van der Waals surface area contributed by atoms with E-state index in [1.54, 1.807) is 0 Å². The maximum Gasteiger partial charge on any atom is 0.235 e. The fourth-order valence-corrected chi connectivity index (χ4v) is 1.24. The Labute approximate surface area is 83.6 Å². The largest absolute Gasteiger partial charge is 0.369 e. The first-order valence-electron chi connectivity index (χ1n) is 4.53. The summed E-state index contributed by atoms with van der Waals surface area (Å²) in [6.45, 7) is 4.58.